The van der Waals surface area contributed by atoms with Gasteiger partial charge in [-0.1, -0.05) is 17.7 Å². The Kier molecular flexibility index (Phi) is 4.60. The maximum Gasteiger partial charge on any atom is 0.123 e. The monoisotopic (exact) mass is 288 g/mol. The zero-order chi connectivity index (χ0) is 14.5. The van der Waals surface area contributed by atoms with Crippen molar-refractivity contribution in [3.8, 4) is 6.07 Å². The van der Waals surface area contributed by atoms with Gasteiger partial charge in [-0.25, -0.2) is 4.39 Å². The Labute approximate surface area is 122 Å². The van der Waals surface area contributed by atoms with E-state index < -0.39 is 0 Å². The molecule has 0 saturated carbocycles. The molecule has 0 spiro atoms. The molecule has 2 aromatic carbocycles. The van der Waals surface area contributed by atoms with Gasteiger partial charge in [0.25, 0.3) is 0 Å². The third-order valence-corrected chi connectivity index (χ3v) is 3.43. The molecule has 4 heteroatoms. The SMILES string of the molecule is Cc1cc(F)ccc1CCNc1ccc(C#N)cc1Cl. The molecule has 2 aromatic rings. The molecule has 0 aliphatic rings. The minimum Gasteiger partial charge on any atom is -0.384 e. The van der Waals surface area contributed by atoms with Crippen molar-refractivity contribution in [2.24, 2.45) is 0 Å². The Morgan fingerprint density at radius 1 is 1.25 bits per heavy atom. The number of nitrogens with zero attached hydrogens (tertiary/aromatic N) is 1. The molecule has 0 heterocycles. The first kappa shape index (κ1) is 14.4. The fraction of sp³-hybridized carbons (Fsp3) is 0.188. The Hall–Kier alpha value is -2.05. The summed E-state index contributed by atoms with van der Waals surface area (Å²) < 4.78 is 13.0. The fourth-order valence-electron chi connectivity index (χ4n) is 2.00. The number of benzene rings is 2. The molecule has 0 radical (unpaired) electrons. The zero-order valence-corrected chi connectivity index (χ0v) is 11.8. The lowest BCUT2D eigenvalue weighted by molar-refractivity contribution is 0.625. The highest BCUT2D eigenvalue weighted by Gasteiger charge is 2.03. The van der Waals surface area contributed by atoms with E-state index in [2.05, 4.69) is 5.32 Å². The van der Waals surface area contributed by atoms with Crippen molar-refractivity contribution in [1.29, 1.82) is 5.26 Å². The molecule has 0 saturated heterocycles. The van der Waals surface area contributed by atoms with E-state index in [9.17, 15) is 4.39 Å². The lowest BCUT2D eigenvalue weighted by atomic mass is 10.1. The molecule has 0 amide bonds. The summed E-state index contributed by atoms with van der Waals surface area (Å²) in [6.45, 7) is 2.59. The van der Waals surface area contributed by atoms with Crippen LogP contribution in [0.15, 0.2) is 36.4 Å². The standard InChI is InChI=1S/C16H14ClFN2/c1-11-8-14(18)4-3-13(11)6-7-20-16-5-2-12(10-19)9-15(16)17/h2-5,8-9,20H,6-7H2,1H3. The van der Waals surface area contributed by atoms with Crippen molar-refractivity contribution in [2.45, 2.75) is 13.3 Å². The number of halogens is 2. The van der Waals surface area contributed by atoms with E-state index in [1.165, 1.54) is 12.1 Å². The van der Waals surface area contributed by atoms with E-state index in [0.717, 1.165) is 23.2 Å². The third kappa shape index (κ3) is 3.49. The molecule has 1 N–H and O–H groups in total. The lowest BCUT2D eigenvalue weighted by Gasteiger charge is -2.10. The zero-order valence-electron chi connectivity index (χ0n) is 11.1. The molecular weight excluding hydrogens is 275 g/mol. The summed E-state index contributed by atoms with van der Waals surface area (Å²) in [5.74, 6) is -0.214. The van der Waals surface area contributed by atoms with Gasteiger partial charge in [0.2, 0.25) is 0 Å². The molecule has 0 aromatic heterocycles. The number of rotatable bonds is 4. The van der Waals surface area contributed by atoms with E-state index >= 15 is 0 Å². The van der Waals surface area contributed by atoms with Gasteiger partial charge in [0.1, 0.15) is 5.82 Å². The van der Waals surface area contributed by atoms with Crippen molar-refractivity contribution in [3.05, 3.63) is 63.9 Å². The minimum absolute atomic E-state index is 0.214. The van der Waals surface area contributed by atoms with Crippen LogP contribution in [0.1, 0.15) is 16.7 Å². The highest BCUT2D eigenvalue weighted by Crippen LogP contribution is 2.22. The number of hydrogen-bond acceptors (Lipinski definition) is 2. The van der Waals surface area contributed by atoms with Gasteiger partial charge < -0.3 is 5.32 Å². The molecule has 0 bridgehead atoms. The Balaban J connectivity index is 1.98. The molecular formula is C16H14ClFN2. The number of anilines is 1. The average molecular weight is 289 g/mol. The first-order valence-corrected chi connectivity index (χ1v) is 6.66. The van der Waals surface area contributed by atoms with Gasteiger partial charge in [0, 0.05) is 6.54 Å². The topological polar surface area (TPSA) is 35.8 Å². The van der Waals surface area contributed by atoms with Gasteiger partial charge in [-0.3, -0.25) is 0 Å². The molecule has 0 fully saturated rings. The van der Waals surface area contributed by atoms with Gasteiger partial charge >= 0.3 is 0 Å². The molecule has 2 rings (SSSR count). The summed E-state index contributed by atoms with van der Waals surface area (Å²) in [6, 6.07) is 12.0. The summed E-state index contributed by atoms with van der Waals surface area (Å²) in [5, 5.41) is 12.5. The minimum atomic E-state index is -0.214. The molecule has 0 atom stereocenters. The first-order valence-electron chi connectivity index (χ1n) is 6.28. The van der Waals surface area contributed by atoms with E-state index in [1.54, 1.807) is 24.3 Å². The van der Waals surface area contributed by atoms with Crippen molar-refractivity contribution < 1.29 is 4.39 Å². The van der Waals surface area contributed by atoms with Crippen molar-refractivity contribution in [1.82, 2.24) is 0 Å². The van der Waals surface area contributed by atoms with Crippen LogP contribution in [0.5, 0.6) is 0 Å². The van der Waals surface area contributed by atoms with Crippen molar-refractivity contribution in [2.75, 3.05) is 11.9 Å². The second-order valence-electron chi connectivity index (χ2n) is 4.55. The van der Waals surface area contributed by atoms with Crippen LogP contribution in [-0.4, -0.2) is 6.54 Å². The highest BCUT2D eigenvalue weighted by atomic mass is 35.5. The van der Waals surface area contributed by atoms with E-state index in [1.807, 2.05) is 13.0 Å². The Morgan fingerprint density at radius 2 is 2.05 bits per heavy atom. The van der Waals surface area contributed by atoms with E-state index in [-0.39, 0.29) is 5.82 Å². The van der Waals surface area contributed by atoms with E-state index in [4.69, 9.17) is 16.9 Å². The smallest absolute Gasteiger partial charge is 0.123 e. The normalized spacial score (nSPS) is 10.1. The average Bonchev–Trinajstić information content (AvgIpc) is 2.42. The van der Waals surface area contributed by atoms with Crippen LogP contribution >= 0.6 is 11.6 Å². The van der Waals surface area contributed by atoms with Crippen LogP contribution in [0.25, 0.3) is 0 Å². The van der Waals surface area contributed by atoms with Gasteiger partial charge in [0.05, 0.1) is 22.3 Å². The van der Waals surface area contributed by atoms with Crippen LogP contribution in [-0.2, 0) is 6.42 Å². The number of aryl methyl sites for hydroxylation is 1. The van der Waals surface area contributed by atoms with Gasteiger partial charge in [-0.2, -0.15) is 5.26 Å². The van der Waals surface area contributed by atoms with E-state index in [0.29, 0.717) is 17.1 Å². The second kappa shape index (κ2) is 6.40. The van der Waals surface area contributed by atoms with Crippen LogP contribution in [0.2, 0.25) is 5.02 Å². The van der Waals surface area contributed by atoms with Crippen LogP contribution in [0.4, 0.5) is 10.1 Å². The van der Waals surface area contributed by atoms with Gasteiger partial charge in [-0.05, 0) is 54.8 Å². The molecule has 0 aliphatic carbocycles. The fourth-order valence-corrected chi connectivity index (χ4v) is 2.25. The number of nitriles is 1. The highest BCUT2D eigenvalue weighted by molar-refractivity contribution is 6.33. The summed E-state index contributed by atoms with van der Waals surface area (Å²) in [4.78, 5) is 0. The summed E-state index contributed by atoms with van der Waals surface area (Å²) in [5.41, 5.74) is 3.38. The molecule has 20 heavy (non-hydrogen) atoms. The summed E-state index contributed by atoms with van der Waals surface area (Å²) >= 11 is 6.08. The van der Waals surface area contributed by atoms with Crippen LogP contribution in [0.3, 0.4) is 0 Å². The van der Waals surface area contributed by atoms with Crippen molar-refractivity contribution >= 4 is 17.3 Å². The molecule has 102 valence electrons. The molecule has 0 unspecified atom stereocenters. The predicted octanol–water partition coefficient (Wildman–Crippen LogP) is 4.31. The quantitative estimate of drug-likeness (QED) is 0.910. The Morgan fingerprint density at radius 3 is 2.70 bits per heavy atom. The van der Waals surface area contributed by atoms with Crippen LogP contribution < -0.4 is 5.32 Å². The van der Waals surface area contributed by atoms with Gasteiger partial charge in [0.15, 0.2) is 0 Å². The maximum atomic E-state index is 13.0. The number of hydrogen-bond donors (Lipinski definition) is 1. The Bertz CT molecular complexity index is 662. The maximum absolute atomic E-state index is 13.0. The molecule has 2 nitrogen and oxygen atoms in total. The summed E-state index contributed by atoms with van der Waals surface area (Å²) in [7, 11) is 0. The van der Waals surface area contributed by atoms with Crippen molar-refractivity contribution in [3.63, 3.8) is 0 Å². The number of nitrogens with one attached hydrogen (secondary N) is 1. The van der Waals surface area contributed by atoms with Crippen LogP contribution in [0, 0.1) is 24.1 Å². The predicted molar refractivity (Wildman–Crippen MR) is 79.5 cm³/mol. The van der Waals surface area contributed by atoms with Gasteiger partial charge in [-0.15, -0.1) is 0 Å². The first-order chi connectivity index (χ1) is 9.60. The third-order valence-electron chi connectivity index (χ3n) is 3.11. The lowest BCUT2D eigenvalue weighted by Crippen LogP contribution is -2.06. The molecule has 0 aliphatic heterocycles. The summed E-state index contributed by atoms with van der Waals surface area (Å²) in [6.07, 6.45) is 0.780. The largest absolute Gasteiger partial charge is 0.384 e. The second-order valence-corrected chi connectivity index (χ2v) is 4.96.